The molecule has 4 nitrogen and oxygen atoms in total. The predicted molar refractivity (Wildman–Crippen MR) is 85.7 cm³/mol. The molecule has 0 spiro atoms. The highest BCUT2D eigenvalue weighted by Crippen LogP contribution is 2.35. The summed E-state index contributed by atoms with van der Waals surface area (Å²) in [4.78, 5) is 17.6. The lowest BCUT2D eigenvalue weighted by Crippen LogP contribution is -2.34. The van der Waals surface area contributed by atoms with Gasteiger partial charge in [-0.3, -0.25) is 5.32 Å². The molecule has 108 valence electrons. The number of amides is 2. The van der Waals surface area contributed by atoms with Gasteiger partial charge in [-0.1, -0.05) is 24.3 Å². The van der Waals surface area contributed by atoms with Gasteiger partial charge >= 0.3 is 6.03 Å². The number of hydrogen-bond donors (Lipinski definition) is 2. The number of urea groups is 1. The smallest absolute Gasteiger partial charge is 0.320 e. The fraction of sp³-hybridized carbons (Fsp3) is 0.250. The van der Waals surface area contributed by atoms with Gasteiger partial charge in [0.25, 0.3) is 0 Å². The van der Waals surface area contributed by atoms with Crippen LogP contribution < -0.4 is 10.6 Å². The average molecular weight is 299 g/mol. The van der Waals surface area contributed by atoms with E-state index in [1.165, 1.54) is 10.5 Å². The molecule has 0 fully saturated rings. The first kappa shape index (κ1) is 13.9. The van der Waals surface area contributed by atoms with E-state index in [0.717, 1.165) is 17.7 Å². The number of hydrogen-bond acceptors (Lipinski definition) is 3. The highest BCUT2D eigenvalue weighted by Gasteiger charge is 2.22. The molecule has 21 heavy (non-hydrogen) atoms. The second-order valence-corrected chi connectivity index (χ2v) is 6.13. The minimum Gasteiger partial charge on any atom is -0.331 e. The summed E-state index contributed by atoms with van der Waals surface area (Å²) in [5, 5.41) is 5.87. The SMILES string of the molecule is Cc1cccnc1NC(=O)NC1CCSc2ccccc21. The molecule has 2 heterocycles. The van der Waals surface area contributed by atoms with Gasteiger partial charge in [0.2, 0.25) is 0 Å². The van der Waals surface area contributed by atoms with Crippen LogP contribution in [0.1, 0.15) is 23.6 Å². The number of nitrogens with one attached hydrogen (secondary N) is 2. The number of benzene rings is 1. The zero-order chi connectivity index (χ0) is 14.7. The van der Waals surface area contributed by atoms with Crippen LogP contribution in [0.15, 0.2) is 47.5 Å². The molecule has 1 unspecified atom stereocenters. The minimum absolute atomic E-state index is 0.0615. The predicted octanol–water partition coefficient (Wildman–Crippen LogP) is 3.75. The largest absolute Gasteiger partial charge is 0.331 e. The Balaban J connectivity index is 1.70. The van der Waals surface area contributed by atoms with E-state index in [-0.39, 0.29) is 12.1 Å². The molecule has 2 amide bonds. The number of thioether (sulfide) groups is 1. The first-order valence-electron chi connectivity index (χ1n) is 6.95. The number of nitrogens with zero attached hydrogens (tertiary/aromatic N) is 1. The van der Waals surface area contributed by atoms with Crippen molar-refractivity contribution in [1.29, 1.82) is 0 Å². The van der Waals surface area contributed by atoms with Crippen LogP contribution in [-0.4, -0.2) is 16.8 Å². The van der Waals surface area contributed by atoms with Crippen molar-refractivity contribution in [2.45, 2.75) is 24.3 Å². The van der Waals surface area contributed by atoms with Crippen molar-refractivity contribution in [3.63, 3.8) is 0 Å². The summed E-state index contributed by atoms with van der Waals surface area (Å²) < 4.78 is 0. The lowest BCUT2D eigenvalue weighted by atomic mass is 10.0. The molecule has 1 atom stereocenters. The van der Waals surface area contributed by atoms with E-state index in [0.29, 0.717) is 5.82 Å². The van der Waals surface area contributed by atoms with Crippen LogP contribution in [0.2, 0.25) is 0 Å². The van der Waals surface area contributed by atoms with E-state index < -0.39 is 0 Å². The van der Waals surface area contributed by atoms with E-state index in [2.05, 4.69) is 27.8 Å². The Morgan fingerprint density at radius 3 is 3.00 bits per heavy atom. The van der Waals surface area contributed by atoms with Gasteiger partial charge in [0.15, 0.2) is 0 Å². The van der Waals surface area contributed by atoms with Crippen LogP contribution in [0.25, 0.3) is 0 Å². The van der Waals surface area contributed by atoms with Gasteiger partial charge in [0.05, 0.1) is 6.04 Å². The lowest BCUT2D eigenvalue weighted by molar-refractivity contribution is 0.248. The molecule has 0 saturated heterocycles. The van der Waals surface area contributed by atoms with Gasteiger partial charge in [-0.2, -0.15) is 0 Å². The number of pyridine rings is 1. The van der Waals surface area contributed by atoms with Crippen molar-refractivity contribution in [1.82, 2.24) is 10.3 Å². The number of rotatable bonds is 2. The van der Waals surface area contributed by atoms with Gasteiger partial charge in [-0.15, -0.1) is 11.8 Å². The summed E-state index contributed by atoms with van der Waals surface area (Å²) in [7, 11) is 0. The minimum atomic E-state index is -0.205. The number of fused-ring (bicyclic) bond motifs is 1. The summed E-state index contributed by atoms with van der Waals surface area (Å²) >= 11 is 1.84. The summed E-state index contributed by atoms with van der Waals surface area (Å²) in [6.45, 7) is 1.93. The quantitative estimate of drug-likeness (QED) is 0.888. The van der Waals surface area contributed by atoms with Gasteiger partial charge in [0, 0.05) is 16.8 Å². The summed E-state index contributed by atoms with van der Waals surface area (Å²) in [5.74, 6) is 1.62. The summed E-state index contributed by atoms with van der Waals surface area (Å²) in [5.41, 5.74) is 2.15. The normalized spacial score (nSPS) is 16.9. The molecule has 1 aliphatic heterocycles. The van der Waals surface area contributed by atoms with Gasteiger partial charge in [-0.05, 0) is 36.6 Å². The van der Waals surface area contributed by atoms with Crippen LogP contribution in [0.5, 0.6) is 0 Å². The molecular formula is C16H17N3OS. The molecule has 1 aromatic carbocycles. The zero-order valence-electron chi connectivity index (χ0n) is 11.8. The number of aromatic nitrogens is 1. The van der Waals surface area contributed by atoms with E-state index in [9.17, 15) is 4.79 Å². The third-order valence-electron chi connectivity index (χ3n) is 3.51. The molecule has 2 aromatic rings. The van der Waals surface area contributed by atoms with Gasteiger partial charge in [0.1, 0.15) is 5.82 Å². The van der Waals surface area contributed by atoms with Crippen molar-refractivity contribution in [3.8, 4) is 0 Å². The standard InChI is InChI=1S/C16H17N3OS/c1-11-5-4-9-17-15(11)19-16(20)18-13-8-10-21-14-7-3-2-6-12(13)14/h2-7,9,13H,8,10H2,1H3,(H2,17,18,19,20). The Morgan fingerprint density at radius 1 is 1.29 bits per heavy atom. The summed E-state index contributed by atoms with van der Waals surface area (Å²) in [6, 6.07) is 11.9. The first-order chi connectivity index (χ1) is 10.2. The Morgan fingerprint density at radius 2 is 2.14 bits per heavy atom. The molecular weight excluding hydrogens is 282 g/mol. The van der Waals surface area contributed by atoms with Crippen LogP contribution in [-0.2, 0) is 0 Å². The highest BCUT2D eigenvalue weighted by molar-refractivity contribution is 7.99. The topological polar surface area (TPSA) is 54.0 Å². The molecule has 0 aliphatic carbocycles. The molecule has 0 bridgehead atoms. The molecule has 1 aromatic heterocycles. The molecule has 2 N–H and O–H groups in total. The Kier molecular flexibility index (Phi) is 4.10. The van der Waals surface area contributed by atoms with Crippen molar-refractivity contribution < 1.29 is 4.79 Å². The first-order valence-corrected chi connectivity index (χ1v) is 7.93. The monoisotopic (exact) mass is 299 g/mol. The Bertz CT molecular complexity index is 659. The van der Waals surface area contributed by atoms with Crippen molar-refractivity contribution in [3.05, 3.63) is 53.7 Å². The molecule has 3 rings (SSSR count). The van der Waals surface area contributed by atoms with E-state index >= 15 is 0 Å². The van der Waals surface area contributed by atoms with E-state index in [4.69, 9.17) is 0 Å². The summed E-state index contributed by atoms with van der Waals surface area (Å²) in [6.07, 6.45) is 2.62. The van der Waals surface area contributed by atoms with Gasteiger partial charge in [-0.25, -0.2) is 9.78 Å². The molecule has 0 radical (unpaired) electrons. The van der Waals surface area contributed by atoms with Crippen LogP contribution in [0.3, 0.4) is 0 Å². The van der Waals surface area contributed by atoms with Gasteiger partial charge < -0.3 is 5.32 Å². The maximum Gasteiger partial charge on any atom is 0.320 e. The second-order valence-electron chi connectivity index (χ2n) is 4.99. The van der Waals surface area contributed by atoms with Crippen molar-refractivity contribution in [2.24, 2.45) is 0 Å². The lowest BCUT2D eigenvalue weighted by Gasteiger charge is -2.25. The number of aryl methyl sites for hydroxylation is 1. The second kappa shape index (κ2) is 6.18. The molecule has 1 aliphatic rings. The molecule has 0 saturated carbocycles. The number of anilines is 1. The fourth-order valence-electron chi connectivity index (χ4n) is 2.41. The maximum atomic E-state index is 12.2. The van der Waals surface area contributed by atoms with Crippen molar-refractivity contribution >= 4 is 23.6 Å². The fourth-order valence-corrected chi connectivity index (χ4v) is 3.54. The van der Waals surface area contributed by atoms with Crippen molar-refractivity contribution in [2.75, 3.05) is 11.1 Å². The van der Waals surface area contributed by atoms with E-state index in [1.807, 2.05) is 43.0 Å². The van der Waals surface area contributed by atoms with Crippen LogP contribution in [0.4, 0.5) is 10.6 Å². The maximum absolute atomic E-state index is 12.2. The Hall–Kier alpha value is -2.01. The third-order valence-corrected chi connectivity index (χ3v) is 4.63. The average Bonchev–Trinajstić information content (AvgIpc) is 2.50. The zero-order valence-corrected chi connectivity index (χ0v) is 12.6. The molecule has 5 heteroatoms. The number of carbonyl (C=O) groups excluding carboxylic acids is 1. The number of carbonyl (C=O) groups is 1. The van der Waals surface area contributed by atoms with Crippen LogP contribution in [0, 0.1) is 6.92 Å². The van der Waals surface area contributed by atoms with E-state index in [1.54, 1.807) is 6.20 Å². The third kappa shape index (κ3) is 3.19. The Labute approximate surface area is 128 Å². The highest BCUT2D eigenvalue weighted by atomic mass is 32.2. The van der Waals surface area contributed by atoms with Crippen LogP contribution >= 0.6 is 11.8 Å².